The van der Waals surface area contributed by atoms with E-state index in [1.165, 1.54) is 5.56 Å². The van der Waals surface area contributed by atoms with Crippen LogP contribution in [0.3, 0.4) is 0 Å². The smallest absolute Gasteiger partial charge is 0.193 e. The third-order valence-electron chi connectivity index (χ3n) is 2.31. The first-order chi connectivity index (χ1) is 8.13. The van der Waals surface area contributed by atoms with Crippen molar-refractivity contribution in [3.63, 3.8) is 0 Å². The summed E-state index contributed by atoms with van der Waals surface area (Å²) in [6.45, 7) is 3.71. The minimum absolute atomic E-state index is 0. The number of halogens is 2. The van der Waals surface area contributed by atoms with Gasteiger partial charge in [-0.2, -0.15) is 0 Å². The second-order valence-corrected chi connectivity index (χ2v) is 4.45. The Morgan fingerprint density at radius 3 is 2.67 bits per heavy atom. The van der Waals surface area contributed by atoms with Crippen molar-refractivity contribution in [2.75, 3.05) is 27.2 Å². The zero-order valence-corrected chi connectivity index (χ0v) is 14.2. The summed E-state index contributed by atoms with van der Waals surface area (Å²) in [7, 11) is 3.97. The topological polar surface area (TPSA) is 27.6 Å². The molecule has 102 valence electrons. The number of nitrogens with zero attached hydrogens (tertiary/aromatic N) is 2. The van der Waals surface area contributed by atoms with Crippen molar-refractivity contribution in [3.8, 4) is 0 Å². The number of aliphatic imine (C=N–C) groups is 1. The fraction of sp³-hybridized carbons (Fsp3) is 0.462. The van der Waals surface area contributed by atoms with Crippen LogP contribution in [0.15, 0.2) is 29.3 Å². The molecule has 0 spiro atoms. The van der Waals surface area contributed by atoms with Gasteiger partial charge in [-0.25, -0.2) is 0 Å². The Hall–Kier alpha value is -0.490. The molecule has 0 radical (unpaired) electrons. The maximum absolute atomic E-state index is 5.93. The highest BCUT2D eigenvalue weighted by atomic mass is 127. The highest BCUT2D eigenvalue weighted by molar-refractivity contribution is 14.0. The van der Waals surface area contributed by atoms with Gasteiger partial charge in [0.25, 0.3) is 0 Å². The second-order valence-electron chi connectivity index (χ2n) is 4.01. The highest BCUT2D eigenvalue weighted by Gasteiger charge is 1.99. The molecular weight excluding hydrogens is 361 g/mol. The molecule has 0 saturated carbocycles. The number of benzene rings is 1. The molecule has 0 bridgehead atoms. The monoisotopic (exact) mass is 381 g/mol. The van der Waals surface area contributed by atoms with Gasteiger partial charge in [0, 0.05) is 32.2 Å². The summed E-state index contributed by atoms with van der Waals surface area (Å²) >= 11 is 5.93. The summed E-state index contributed by atoms with van der Waals surface area (Å²) in [5, 5.41) is 4.01. The summed E-state index contributed by atoms with van der Waals surface area (Å²) in [5.41, 5.74) is 1.22. The van der Waals surface area contributed by atoms with Crippen LogP contribution >= 0.6 is 35.6 Å². The molecule has 0 saturated heterocycles. The average molecular weight is 382 g/mol. The van der Waals surface area contributed by atoms with Gasteiger partial charge in [0.15, 0.2) is 5.96 Å². The van der Waals surface area contributed by atoms with E-state index in [2.05, 4.69) is 23.3 Å². The van der Waals surface area contributed by atoms with Gasteiger partial charge in [-0.15, -0.1) is 24.0 Å². The molecule has 0 aliphatic rings. The molecular formula is C13H21ClIN3. The average Bonchev–Trinajstić information content (AvgIpc) is 2.28. The van der Waals surface area contributed by atoms with Gasteiger partial charge >= 0.3 is 0 Å². The van der Waals surface area contributed by atoms with E-state index in [0.717, 1.165) is 30.5 Å². The van der Waals surface area contributed by atoms with Crippen LogP contribution in [0.1, 0.15) is 12.5 Å². The fourth-order valence-electron chi connectivity index (χ4n) is 1.50. The third-order valence-corrected chi connectivity index (χ3v) is 2.54. The molecule has 0 aliphatic heterocycles. The molecule has 0 unspecified atom stereocenters. The second kappa shape index (κ2) is 9.44. The summed E-state index contributed by atoms with van der Waals surface area (Å²) < 4.78 is 0. The Morgan fingerprint density at radius 1 is 1.39 bits per heavy atom. The largest absolute Gasteiger partial charge is 0.357 e. The number of guanidine groups is 1. The van der Waals surface area contributed by atoms with Gasteiger partial charge < -0.3 is 10.2 Å². The van der Waals surface area contributed by atoms with Gasteiger partial charge in [-0.3, -0.25) is 4.99 Å². The SMILES string of the molecule is CCNC(=NCCc1cccc(Cl)c1)N(C)C.I. The van der Waals surface area contributed by atoms with Crippen molar-refractivity contribution < 1.29 is 0 Å². The summed E-state index contributed by atoms with van der Waals surface area (Å²) in [6, 6.07) is 7.92. The third kappa shape index (κ3) is 6.44. The molecule has 1 N–H and O–H groups in total. The predicted molar refractivity (Wildman–Crippen MR) is 90.2 cm³/mol. The molecule has 1 aromatic carbocycles. The molecule has 1 rings (SSSR count). The standard InChI is InChI=1S/C13H20ClN3.HI/c1-4-15-13(17(2)3)16-9-8-11-6-5-7-12(14)10-11;/h5-7,10H,4,8-9H2,1-3H3,(H,15,16);1H. The van der Waals surface area contributed by atoms with E-state index in [0.29, 0.717) is 0 Å². The number of hydrogen-bond donors (Lipinski definition) is 1. The van der Waals surface area contributed by atoms with Crippen molar-refractivity contribution in [2.45, 2.75) is 13.3 Å². The van der Waals surface area contributed by atoms with Crippen LogP contribution < -0.4 is 5.32 Å². The lowest BCUT2D eigenvalue weighted by Crippen LogP contribution is -2.36. The molecule has 0 aliphatic carbocycles. The van der Waals surface area contributed by atoms with Crippen LogP contribution in [0.5, 0.6) is 0 Å². The van der Waals surface area contributed by atoms with Gasteiger partial charge in [0.1, 0.15) is 0 Å². The van der Waals surface area contributed by atoms with Crippen LogP contribution in [0.4, 0.5) is 0 Å². The van der Waals surface area contributed by atoms with Gasteiger partial charge in [0.05, 0.1) is 0 Å². The zero-order valence-electron chi connectivity index (χ0n) is 11.1. The van der Waals surface area contributed by atoms with Crippen LogP contribution in [0.25, 0.3) is 0 Å². The number of hydrogen-bond acceptors (Lipinski definition) is 1. The van der Waals surface area contributed by atoms with Crippen LogP contribution in [0, 0.1) is 0 Å². The minimum atomic E-state index is 0. The maximum atomic E-state index is 5.93. The van der Waals surface area contributed by atoms with Gasteiger partial charge in [0.2, 0.25) is 0 Å². The normalized spacial score (nSPS) is 10.8. The lowest BCUT2D eigenvalue weighted by molar-refractivity contribution is 0.583. The Morgan fingerprint density at radius 2 is 2.11 bits per heavy atom. The van der Waals surface area contributed by atoms with E-state index in [-0.39, 0.29) is 24.0 Å². The zero-order chi connectivity index (χ0) is 12.7. The minimum Gasteiger partial charge on any atom is -0.357 e. The van der Waals surface area contributed by atoms with E-state index in [4.69, 9.17) is 11.6 Å². The first kappa shape index (κ1) is 17.5. The lowest BCUT2D eigenvalue weighted by Gasteiger charge is -2.16. The van der Waals surface area contributed by atoms with Crippen molar-refractivity contribution in [2.24, 2.45) is 4.99 Å². The van der Waals surface area contributed by atoms with Crippen LogP contribution in [-0.4, -0.2) is 38.0 Å². The fourth-order valence-corrected chi connectivity index (χ4v) is 1.71. The summed E-state index contributed by atoms with van der Waals surface area (Å²) in [4.78, 5) is 6.51. The van der Waals surface area contributed by atoms with Crippen LogP contribution in [-0.2, 0) is 6.42 Å². The van der Waals surface area contributed by atoms with E-state index in [1.54, 1.807) is 0 Å². The van der Waals surface area contributed by atoms with E-state index >= 15 is 0 Å². The van der Waals surface area contributed by atoms with Gasteiger partial charge in [-0.05, 0) is 31.0 Å². The molecule has 0 amide bonds. The maximum Gasteiger partial charge on any atom is 0.193 e. The number of nitrogens with one attached hydrogen (secondary N) is 1. The molecule has 3 nitrogen and oxygen atoms in total. The van der Waals surface area contributed by atoms with Crippen LogP contribution in [0.2, 0.25) is 5.02 Å². The first-order valence-electron chi connectivity index (χ1n) is 5.83. The predicted octanol–water partition coefficient (Wildman–Crippen LogP) is 3.03. The molecule has 18 heavy (non-hydrogen) atoms. The highest BCUT2D eigenvalue weighted by Crippen LogP contribution is 2.10. The van der Waals surface area contributed by atoms with Crippen molar-refractivity contribution in [3.05, 3.63) is 34.9 Å². The van der Waals surface area contributed by atoms with E-state index in [9.17, 15) is 0 Å². The summed E-state index contributed by atoms with van der Waals surface area (Å²) in [5.74, 6) is 0.925. The van der Waals surface area contributed by atoms with Crippen molar-refractivity contribution in [1.29, 1.82) is 0 Å². The Labute approximate surface area is 132 Å². The molecule has 0 fully saturated rings. The van der Waals surface area contributed by atoms with E-state index in [1.807, 2.05) is 37.2 Å². The molecule has 0 heterocycles. The quantitative estimate of drug-likeness (QED) is 0.493. The molecule has 1 aromatic rings. The Balaban J connectivity index is 0.00000289. The van der Waals surface area contributed by atoms with Crippen molar-refractivity contribution in [1.82, 2.24) is 10.2 Å². The van der Waals surface area contributed by atoms with Crippen molar-refractivity contribution >= 4 is 41.5 Å². The summed E-state index contributed by atoms with van der Waals surface area (Å²) in [6.07, 6.45) is 0.906. The Bertz CT molecular complexity index is 380. The van der Waals surface area contributed by atoms with E-state index < -0.39 is 0 Å². The number of rotatable bonds is 4. The molecule has 0 atom stereocenters. The molecule has 5 heteroatoms. The Kier molecular flexibility index (Phi) is 9.18. The first-order valence-corrected chi connectivity index (χ1v) is 6.21. The lowest BCUT2D eigenvalue weighted by atomic mass is 10.1. The van der Waals surface area contributed by atoms with Gasteiger partial charge in [-0.1, -0.05) is 23.7 Å². The molecule has 0 aromatic heterocycles.